The Morgan fingerprint density at radius 2 is 2.25 bits per heavy atom. The quantitative estimate of drug-likeness (QED) is 0.921. The molecule has 2 heterocycles. The summed E-state index contributed by atoms with van der Waals surface area (Å²) in [7, 11) is 1.88. The molecule has 0 unspecified atom stereocenters. The van der Waals surface area contributed by atoms with E-state index in [1.54, 1.807) is 10.9 Å². The first-order valence-electron chi connectivity index (χ1n) is 6.90. The van der Waals surface area contributed by atoms with Crippen LogP contribution in [0.5, 0.6) is 0 Å². The molecule has 1 N–H and O–H groups in total. The van der Waals surface area contributed by atoms with Crippen LogP contribution < -0.4 is 5.32 Å². The van der Waals surface area contributed by atoms with Crippen LogP contribution in [-0.4, -0.2) is 20.8 Å². The minimum absolute atomic E-state index is 0.167. The predicted octanol–water partition coefficient (Wildman–Crippen LogP) is 1.53. The van der Waals surface area contributed by atoms with Crippen LogP contribution >= 0.6 is 0 Å². The molecule has 6 nitrogen and oxygen atoms in total. The summed E-state index contributed by atoms with van der Waals surface area (Å²) in [6.45, 7) is 2.44. The summed E-state index contributed by atoms with van der Waals surface area (Å²) >= 11 is 0. The van der Waals surface area contributed by atoms with Gasteiger partial charge < -0.3 is 9.84 Å². The highest BCUT2D eigenvalue weighted by Gasteiger charge is 2.23. The molecule has 0 atom stereocenters. The molecule has 0 aliphatic heterocycles. The van der Waals surface area contributed by atoms with Gasteiger partial charge in [0.15, 0.2) is 5.69 Å². The van der Waals surface area contributed by atoms with E-state index in [1.165, 1.54) is 0 Å². The average molecular weight is 274 g/mol. The van der Waals surface area contributed by atoms with E-state index in [1.807, 2.05) is 14.0 Å². The average Bonchev–Trinajstić information content (AvgIpc) is 3.02. The lowest BCUT2D eigenvalue weighted by molar-refractivity contribution is 0.0941. The molecule has 0 bridgehead atoms. The number of aromatic nitrogens is 3. The topological polar surface area (TPSA) is 73.0 Å². The van der Waals surface area contributed by atoms with E-state index in [-0.39, 0.29) is 5.91 Å². The largest absolute Gasteiger partial charge is 0.360 e. The van der Waals surface area contributed by atoms with Crippen molar-refractivity contribution in [2.45, 2.75) is 39.2 Å². The van der Waals surface area contributed by atoms with Crippen LogP contribution in [0.25, 0.3) is 0 Å². The van der Waals surface area contributed by atoms with Crippen molar-refractivity contribution < 1.29 is 9.32 Å². The van der Waals surface area contributed by atoms with Crippen molar-refractivity contribution in [2.75, 3.05) is 0 Å². The molecule has 0 radical (unpaired) electrons. The van der Waals surface area contributed by atoms with E-state index >= 15 is 0 Å². The van der Waals surface area contributed by atoms with Crippen LogP contribution in [-0.2, 0) is 26.4 Å². The zero-order valence-corrected chi connectivity index (χ0v) is 11.8. The number of nitrogens with one attached hydrogen (secondary N) is 1. The first-order valence-corrected chi connectivity index (χ1v) is 6.90. The molecule has 0 fully saturated rings. The Morgan fingerprint density at radius 3 is 3.00 bits per heavy atom. The van der Waals surface area contributed by atoms with Gasteiger partial charge in [-0.1, -0.05) is 5.16 Å². The number of nitrogens with zero attached hydrogens (tertiary/aromatic N) is 3. The summed E-state index contributed by atoms with van der Waals surface area (Å²) in [5.41, 5.74) is 3.49. The normalized spacial score (nSPS) is 14.1. The zero-order chi connectivity index (χ0) is 14.1. The molecule has 0 aromatic carbocycles. The van der Waals surface area contributed by atoms with Gasteiger partial charge in [0, 0.05) is 36.8 Å². The molecule has 2 aromatic heterocycles. The number of fused-ring (bicyclic) bond motifs is 1. The molecule has 0 saturated carbocycles. The number of rotatable bonds is 3. The Balaban J connectivity index is 1.71. The fourth-order valence-electron chi connectivity index (χ4n) is 2.54. The van der Waals surface area contributed by atoms with E-state index in [9.17, 15) is 4.79 Å². The van der Waals surface area contributed by atoms with Crippen molar-refractivity contribution in [1.82, 2.24) is 20.3 Å². The van der Waals surface area contributed by atoms with Gasteiger partial charge in [0.1, 0.15) is 5.76 Å². The lowest BCUT2D eigenvalue weighted by Gasteiger charge is -2.09. The maximum atomic E-state index is 12.2. The first-order chi connectivity index (χ1) is 9.66. The number of hydrogen-bond donors (Lipinski definition) is 1. The van der Waals surface area contributed by atoms with Gasteiger partial charge in [-0.15, -0.1) is 0 Å². The van der Waals surface area contributed by atoms with Crippen molar-refractivity contribution in [3.8, 4) is 0 Å². The molecule has 1 amide bonds. The summed E-state index contributed by atoms with van der Waals surface area (Å²) in [5, 5.41) is 11.0. The van der Waals surface area contributed by atoms with Crippen LogP contribution in [0.2, 0.25) is 0 Å². The third kappa shape index (κ3) is 2.21. The van der Waals surface area contributed by atoms with Crippen LogP contribution in [0.4, 0.5) is 0 Å². The lowest BCUT2D eigenvalue weighted by Crippen LogP contribution is -2.24. The van der Waals surface area contributed by atoms with Crippen molar-refractivity contribution in [3.05, 3.63) is 34.5 Å². The Bertz CT molecular complexity index is 642. The standard InChI is InChI=1S/C14H18N4O2/c1-9-10(8-16-18(9)2)7-15-14(19)13-11-5-3-4-6-12(11)20-17-13/h8H,3-7H2,1-2H3,(H,15,19). The molecular formula is C14H18N4O2. The third-order valence-electron chi connectivity index (χ3n) is 3.94. The van der Waals surface area contributed by atoms with Crippen LogP contribution in [0.1, 0.15) is 45.9 Å². The first kappa shape index (κ1) is 12.9. The van der Waals surface area contributed by atoms with E-state index < -0.39 is 0 Å². The highest BCUT2D eigenvalue weighted by Crippen LogP contribution is 2.24. The number of carbonyl (C=O) groups excluding carboxylic acids is 1. The molecule has 1 aliphatic rings. The van der Waals surface area contributed by atoms with E-state index in [4.69, 9.17) is 4.52 Å². The minimum atomic E-state index is -0.167. The highest BCUT2D eigenvalue weighted by atomic mass is 16.5. The summed E-state index contributed by atoms with van der Waals surface area (Å²) in [4.78, 5) is 12.2. The van der Waals surface area contributed by atoms with E-state index in [2.05, 4.69) is 15.6 Å². The lowest BCUT2D eigenvalue weighted by atomic mass is 9.96. The van der Waals surface area contributed by atoms with Gasteiger partial charge >= 0.3 is 0 Å². The monoisotopic (exact) mass is 274 g/mol. The van der Waals surface area contributed by atoms with Gasteiger partial charge in [-0.25, -0.2) is 0 Å². The van der Waals surface area contributed by atoms with Gasteiger partial charge in [-0.2, -0.15) is 5.10 Å². The highest BCUT2D eigenvalue weighted by molar-refractivity contribution is 5.93. The molecule has 2 aromatic rings. The number of carbonyl (C=O) groups is 1. The molecule has 106 valence electrons. The number of hydrogen-bond acceptors (Lipinski definition) is 4. The van der Waals surface area contributed by atoms with E-state index in [0.717, 1.165) is 48.3 Å². The van der Waals surface area contributed by atoms with Crippen molar-refractivity contribution in [1.29, 1.82) is 0 Å². The van der Waals surface area contributed by atoms with Crippen LogP contribution in [0, 0.1) is 6.92 Å². The molecule has 20 heavy (non-hydrogen) atoms. The number of amides is 1. The fourth-order valence-corrected chi connectivity index (χ4v) is 2.54. The Morgan fingerprint density at radius 1 is 1.45 bits per heavy atom. The fraction of sp³-hybridized carbons (Fsp3) is 0.500. The smallest absolute Gasteiger partial charge is 0.274 e. The Hall–Kier alpha value is -2.11. The zero-order valence-electron chi connectivity index (χ0n) is 11.8. The van der Waals surface area contributed by atoms with Crippen LogP contribution in [0.3, 0.4) is 0 Å². The van der Waals surface area contributed by atoms with Crippen LogP contribution in [0.15, 0.2) is 10.7 Å². The second-order valence-corrected chi connectivity index (χ2v) is 5.20. The van der Waals surface area contributed by atoms with Gasteiger partial charge in [-0.05, 0) is 26.2 Å². The molecule has 0 spiro atoms. The van der Waals surface area contributed by atoms with Gasteiger partial charge in [0.05, 0.1) is 6.20 Å². The number of aryl methyl sites for hydroxylation is 2. The predicted molar refractivity (Wildman–Crippen MR) is 72.3 cm³/mol. The van der Waals surface area contributed by atoms with Gasteiger partial charge in [0.2, 0.25) is 0 Å². The molecule has 6 heteroatoms. The molecular weight excluding hydrogens is 256 g/mol. The summed E-state index contributed by atoms with van der Waals surface area (Å²) in [6, 6.07) is 0. The third-order valence-corrected chi connectivity index (χ3v) is 3.94. The summed E-state index contributed by atoms with van der Waals surface area (Å²) in [6.07, 6.45) is 5.74. The Labute approximate surface area is 117 Å². The van der Waals surface area contributed by atoms with Crippen molar-refractivity contribution in [2.24, 2.45) is 7.05 Å². The van der Waals surface area contributed by atoms with Crippen molar-refractivity contribution in [3.63, 3.8) is 0 Å². The van der Waals surface area contributed by atoms with Gasteiger partial charge in [-0.3, -0.25) is 9.48 Å². The maximum absolute atomic E-state index is 12.2. The molecule has 3 rings (SSSR count). The second-order valence-electron chi connectivity index (χ2n) is 5.20. The Kier molecular flexibility index (Phi) is 3.30. The summed E-state index contributed by atoms with van der Waals surface area (Å²) < 4.78 is 7.05. The summed E-state index contributed by atoms with van der Waals surface area (Å²) in [5.74, 6) is 0.708. The van der Waals surface area contributed by atoms with Gasteiger partial charge in [0.25, 0.3) is 5.91 Å². The molecule has 1 aliphatic carbocycles. The van der Waals surface area contributed by atoms with Crippen molar-refractivity contribution >= 4 is 5.91 Å². The molecule has 0 saturated heterocycles. The maximum Gasteiger partial charge on any atom is 0.274 e. The minimum Gasteiger partial charge on any atom is -0.360 e. The SMILES string of the molecule is Cc1c(CNC(=O)c2noc3c2CCCC3)cnn1C. The van der Waals surface area contributed by atoms with E-state index in [0.29, 0.717) is 12.2 Å². The second kappa shape index (κ2) is 5.11.